The molecule has 0 atom stereocenters. The Balaban J connectivity index is 0.000000810. The quantitative estimate of drug-likeness (QED) is 0.682. The van der Waals surface area contributed by atoms with Crippen molar-refractivity contribution in [1.82, 2.24) is 4.98 Å². The molecule has 0 aliphatic heterocycles. The van der Waals surface area contributed by atoms with E-state index < -0.39 is 0 Å². The fourth-order valence-electron chi connectivity index (χ4n) is 0.717. The Morgan fingerprint density at radius 1 is 1.30 bits per heavy atom. The zero-order valence-corrected chi connectivity index (χ0v) is 7.96. The molecule has 0 unspecified atom stereocenters. The van der Waals surface area contributed by atoms with E-state index in [9.17, 15) is 0 Å². The van der Waals surface area contributed by atoms with Gasteiger partial charge in [0, 0.05) is 11.9 Å². The van der Waals surface area contributed by atoms with Gasteiger partial charge in [0.2, 0.25) is 0 Å². The fraction of sp³-hybridized carbons (Fsp3) is 0.375. The highest BCUT2D eigenvalue weighted by molar-refractivity contribution is 8.93. The molecular weight excluding hydrogens is 190 g/mol. The number of hydrogen-bond donors (Lipinski definition) is 0. The topological polar surface area (TPSA) is 12.9 Å². The molecular formula is C8H12BrN. The van der Waals surface area contributed by atoms with Crippen LogP contribution in [-0.2, 0) is 0 Å². The Bertz CT molecular complexity index is 172. The highest BCUT2D eigenvalue weighted by atomic mass is 79.9. The van der Waals surface area contributed by atoms with Crippen LogP contribution in [0.3, 0.4) is 0 Å². The van der Waals surface area contributed by atoms with Crippen molar-refractivity contribution in [3.05, 3.63) is 30.1 Å². The van der Waals surface area contributed by atoms with E-state index in [0.29, 0.717) is 5.92 Å². The largest absolute Gasteiger partial charge is 0.261 e. The molecule has 0 saturated heterocycles. The van der Waals surface area contributed by atoms with E-state index in [4.69, 9.17) is 0 Å². The molecule has 0 aliphatic carbocycles. The van der Waals surface area contributed by atoms with Gasteiger partial charge in [0.05, 0.1) is 0 Å². The summed E-state index contributed by atoms with van der Waals surface area (Å²) in [7, 11) is 0. The second kappa shape index (κ2) is 4.45. The minimum Gasteiger partial charge on any atom is -0.261 e. The van der Waals surface area contributed by atoms with Crippen molar-refractivity contribution < 1.29 is 0 Å². The molecule has 0 saturated carbocycles. The lowest BCUT2D eigenvalue weighted by molar-refractivity contribution is 0.823. The zero-order chi connectivity index (χ0) is 6.69. The standard InChI is InChI=1S/C8H11N.BrH/c1-7(2)8-5-3-4-6-9-8;/h3-7H,1-2H3;1H. The van der Waals surface area contributed by atoms with Crippen LogP contribution >= 0.6 is 17.0 Å². The van der Waals surface area contributed by atoms with Crippen LogP contribution in [0.5, 0.6) is 0 Å². The van der Waals surface area contributed by atoms with Crippen LogP contribution in [0.25, 0.3) is 0 Å². The van der Waals surface area contributed by atoms with Crippen molar-refractivity contribution in [1.29, 1.82) is 0 Å². The Hall–Kier alpha value is -0.370. The van der Waals surface area contributed by atoms with E-state index in [2.05, 4.69) is 18.8 Å². The average molecular weight is 202 g/mol. The Labute approximate surface area is 72.3 Å². The van der Waals surface area contributed by atoms with Gasteiger partial charge in [-0.3, -0.25) is 4.98 Å². The summed E-state index contributed by atoms with van der Waals surface area (Å²) in [5.41, 5.74) is 1.16. The van der Waals surface area contributed by atoms with Gasteiger partial charge in [-0.2, -0.15) is 0 Å². The van der Waals surface area contributed by atoms with Crippen LogP contribution in [-0.4, -0.2) is 4.98 Å². The summed E-state index contributed by atoms with van der Waals surface area (Å²) in [5.74, 6) is 0.547. The molecule has 1 aromatic heterocycles. The van der Waals surface area contributed by atoms with Gasteiger partial charge in [-0.1, -0.05) is 19.9 Å². The van der Waals surface area contributed by atoms with E-state index in [1.54, 1.807) is 0 Å². The zero-order valence-electron chi connectivity index (χ0n) is 6.24. The summed E-state index contributed by atoms with van der Waals surface area (Å²) >= 11 is 0. The molecule has 10 heavy (non-hydrogen) atoms. The third-order valence-corrected chi connectivity index (χ3v) is 1.28. The lowest BCUT2D eigenvalue weighted by Gasteiger charge is -2.00. The van der Waals surface area contributed by atoms with E-state index in [1.165, 1.54) is 0 Å². The van der Waals surface area contributed by atoms with Crippen molar-refractivity contribution >= 4 is 17.0 Å². The molecule has 1 heterocycles. The molecule has 0 spiro atoms. The van der Waals surface area contributed by atoms with Crippen LogP contribution in [0.15, 0.2) is 24.4 Å². The number of pyridine rings is 1. The smallest absolute Gasteiger partial charge is 0.0428 e. The summed E-state index contributed by atoms with van der Waals surface area (Å²) in [6.07, 6.45) is 1.83. The second-order valence-corrected chi connectivity index (χ2v) is 2.41. The van der Waals surface area contributed by atoms with Crippen LogP contribution in [0.2, 0.25) is 0 Å². The Kier molecular flexibility index (Phi) is 4.28. The molecule has 56 valence electrons. The van der Waals surface area contributed by atoms with E-state index >= 15 is 0 Å². The average Bonchev–Trinajstić information content (AvgIpc) is 1.90. The molecule has 0 fully saturated rings. The summed E-state index contributed by atoms with van der Waals surface area (Å²) in [6, 6.07) is 6.00. The van der Waals surface area contributed by atoms with Crippen molar-refractivity contribution in [2.45, 2.75) is 19.8 Å². The van der Waals surface area contributed by atoms with Crippen molar-refractivity contribution in [3.63, 3.8) is 0 Å². The summed E-state index contributed by atoms with van der Waals surface area (Å²) in [5, 5.41) is 0. The van der Waals surface area contributed by atoms with E-state index in [1.807, 2.05) is 24.4 Å². The van der Waals surface area contributed by atoms with Crippen molar-refractivity contribution in [3.8, 4) is 0 Å². The number of aromatic nitrogens is 1. The van der Waals surface area contributed by atoms with Gasteiger partial charge < -0.3 is 0 Å². The van der Waals surface area contributed by atoms with Gasteiger partial charge in [-0.25, -0.2) is 0 Å². The van der Waals surface area contributed by atoms with E-state index in [-0.39, 0.29) is 17.0 Å². The molecule has 2 heteroatoms. The number of nitrogens with zero attached hydrogens (tertiary/aromatic N) is 1. The lowest BCUT2D eigenvalue weighted by atomic mass is 10.1. The van der Waals surface area contributed by atoms with E-state index in [0.717, 1.165) is 5.69 Å². The Morgan fingerprint density at radius 2 is 2.00 bits per heavy atom. The summed E-state index contributed by atoms with van der Waals surface area (Å²) in [6.45, 7) is 4.28. The SMILES string of the molecule is Br.CC(C)c1ccccn1. The maximum absolute atomic E-state index is 4.18. The fourth-order valence-corrected chi connectivity index (χ4v) is 0.717. The first-order valence-electron chi connectivity index (χ1n) is 3.21. The van der Waals surface area contributed by atoms with Crippen LogP contribution in [0.4, 0.5) is 0 Å². The van der Waals surface area contributed by atoms with Gasteiger partial charge >= 0.3 is 0 Å². The minimum atomic E-state index is 0. The Morgan fingerprint density at radius 3 is 2.30 bits per heavy atom. The predicted molar refractivity (Wildman–Crippen MR) is 48.6 cm³/mol. The molecule has 0 bridgehead atoms. The molecule has 1 rings (SSSR count). The molecule has 0 amide bonds. The molecule has 0 aromatic carbocycles. The highest BCUT2D eigenvalue weighted by Crippen LogP contribution is 2.08. The monoisotopic (exact) mass is 201 g/mol. The van der Waals surface area contributed by atoms with Crippen molar-refractivity contribution in [2.24, 2.45) is 0 Å². The molecule has 0 radical (unpaired) electrons. The third-order valence-electron chi connectivity index (χ3n) is 1.28. The van der Waals surface area contributed by atoms with Gasteiger partial charge in [0.25, 0.3) is 0 Å². The number of hydrogen-bond acceptors (Lipinski definition) is 1. The predicted octanol–water partition coefficient (Wildman–Crippen LogP) is 2.78. The second-order valence-electron chi connectivity index (χ2n) is 2.41. The maximum Gasteiger partial charge on any atom is 0.0428 e. The van der Waals surface area contributed by atoms with Gasteiger partial charge in [-0.05, 0) is 18.1 Å². The normalized spacial score (nSPS) is 9.10. The van der Waals surface area contributed by atoms with Gasteiger partial charge in [0.15, 0.2) is 0 Å². The molecule has 0 N–H and O–H groups in total. The number of rotatable bonds is 1. The molecule has 1 aromatic rings. The number of halogens is 1. The van der Waals surface area contributed by atoms with Crippen LogP contribution in [0, 0.1) is 0 Å². The first-order chi connectivity index (χ1) is 4.30. The van der Waals surface area contributed by atoms with Gasteiger partial charge in [-0.15, -0.1) is 17.0 Å². The minimum absolute atomic E-state index is 0. The van der Waals surface area contributed by atoms with Crippen LogP contribution < -0.4 is 0 Å². The lowest BCUT2D eigenvalue weighted by Crippen LogP contribution is -1.88. The van der Waals surface area contributed by atoms with Crippen LogP contribution in [0.1, 0.15) is 25.5 Å². The first kappa shape index (κ1) is 9.63. The van der Waals surface area contributed by atoms with Gasteiger partial charge in [0.1, 0.15) is 0 Å². The molecule has 1 nitrogen and oxygen atoms in total. The molecule has 0 aliphatic rings. The summed E-state index contributed by atoms with van der Waals surface area (Å²) in [4.78, 5) is 4.18. The first-order valence-corrected chi connectivity index (χ1v) is 3.21. The summed E-state index contributed by atoms with van der Waals surface area (Å²) < 4.78 is 0. The highest BCUT2D eigenvalue weighted by Gasteiger charge is 1.95. The van der Waals surface area contributed by atoms with Crippen molar-refractivity contribution in [2.75, 3.05) is 0 Å². The third kappa shape index (κ3) is 2.48. The maximum atomic E-state index is 4.18.